The van der Waals surface area contributed by atoms with Crippen molar-refractivity contribution in [1.82, 2.24) is 0 Å². The zero-order valence-corrected chi connectivity index (χ0v) is 16.6. The van der Waals surface area contributed by atoms with Crippen LogP contribution in [0.5, 0.6) is 5.75 Å². The van der Waals surface area contributed by atoms with Crippen LogP contribution in [0.25, 0.3) is 10.8 Å². The smallest absolute Gasteiger partial charge is 0.256 e. The van der Waals surface area contributed by atoms with E-state index in [1.54, 1.807) is 0 Å². The maximum absolute atomic E-state index is 13.1. The minimum atomic E-state index is -0.843. The van der Waals surface area contributed by atoms with E-state index in [0.717, 1.165) is 28.6 Å². The second-order valence-corrected chi connectivity index (χ2v) is 7.22. The summed E-state index contributed by atoms with van der Waals surface area (Å²) in [6.07, 6.45) is 1.56. The first-order valence-corrected chi connectivity index (χ1v) is 9.51. The highest BCUT2D eigenvalue weighted by Gasteiger charge is 2.35. The van der Waals surface area contributed by atoms with Crippen LogP contribution >= 0.6 is 0 Å². The lowest BCUT2D eigenvalue weighted by Gasteiger charge is -2.30. The highest BCUT2D eigenvalue weighted by Crippen LogP contribution is 2.33. The molecule has 0 unspecified atom stereocenters. The Kier molecular flexibility index (Phi) is 7.04. The van der Waals surface area contributed by atoms with E-state index in [-0.39, 0.29) is 5.91 Å². The lowest BCUT2D eigenvalue weighted by Crippen LogP contribution is -2.44. The number of anilines is 1. The van der Waals surface area contributed by atoms with Gasteiger partial charge in [0.25, 0.3) is 5.91 Å². The molecule has 1 atom stereocenters. The third-order valence-electron chi connectivity index (χ3n) is 4.33. The van der Waals surface area contributed by atoms with Crippen LogP contribution in [-0.2, 0) is 9.53 Å². The van der Waals surface area contributed by atoms with Crippen molar-refractivity contribution in [2.45, 2.75) is 53.1 Å². The normalized spacial score (nSPS) is 13.6. The van der Waals surface area contributed by atoms with Crippen LogP contribution in [0.2, 0.25) is 0 Å². The molecule has 0 heterocycles. The third kappa shape index (κ3) is 4.76. The molecule has 0 aliphatic heterocycles. The second-order valence-electron chi connectivity index (χ2n) is 7.22. The van der Waals surface area contributed by atoms with E-state index in [0.29, 0.717) is 25.6 Å². The fourth-order valence-corrected chi connectivity index (χ4v) is 3.24. The van der Waals surface area contributed by atoms with Crippen molar-refractivity contribution < 1.29 is 14.3 Å². The molecular weight excluding hydrogens is 326 g/mol. The minimum Gasteiger partial charge on any atom is -0.493 e. The van der Waals surface area contributed by atoms with Gasteiger partial charge < -0.3 is 14.8 Å². The Balaban J connectivity index is 2.33. The van der Waals surface area contributed by atoms with E-state index >= 15 is 0 Å². The zero-order chi connectivity index (χ0) is 19.2. The van der Waals surface area contributed by atoms with Crippen molar-refractivity contribution in [3.05, 3.63) is 36.4 Å². The Morgan fingerprint density at radius 2 is 1.81 bits per heavy atom. The van der Waals surface area contributed by atoms with E-state index in [2.05, 4.69) is 19.2 Å². The van der Waals surface area contributed by atoms with Crippen LogP contribution in [-0.4, -0.2) is 24.7 Å². The Morgan fingerprint density at radius 1 is 1.12 bits per heavy atom. The summed E-state index contributed by atoms with van der Waals surface area (Å²) in [5.41, 5.74) is -0.0618. The van der Waals surface area contributed by atoms with Crippen LogP contribution < -0.4 is 10.1 Å². The molecule has 0 fully saturated rings. The third-order valence-corrected chi connectivity index (χ3v) is 4.33. The number of ether oxygens (including phenoxy) is 2. The van der Waals surface area contributed by atoms with E-state index in [4.69, 9.17) is 9.47 Å². The van der Waals surface area contributed by atoms with Crippen molar-refractivity contribution in [3.8, 4) is 5.75 Å². The first kappa shape index (κ1) is 20.2. The molecule has 0 aliphatic rings. The standard InChI is InChI=1S/C22H31NO3/c1-6-14-26-22(5,15-16(3)4)21(24)23-19-12-13-20(25-7-2)18-11-9-8-10-17(18)19/h8-13,16H,6-7,14-15H2,1-5H3,(H,23,24)/t22-/m0/s1. The molecule has 0 bridgehead atoms. The van der Waals surface area contributed by atoms with Gasteiger partial charge in [-0.2, -0.15) is 0 Å². The summed E-state index contributed by atoms with van der Waals surface area (Å²) in [6, 6.07) is 11.8. The topological polar surface area (TPSA) is 47.6 Å². The molecule has 26 heavy (non-hydrogen) atoms. The van der Waals surface area contributed by atoms with Gasteiger partial charge in [0, 0.05) is 23.1 Å². The molecule has 0 aromatic heterocycles. The summed E-state index contributed by atoms with van der Waals surface area (Å²) in [6.45, 7) is 11.3. The lowest BCUT2D eigenvalue weighted by molar-refractivity contribution is -0.141. The SMILES string of the molecule is CCCO[C@@](C)(CC(C)C)C(=O)Nc1ccc(OCC)c2ccccc12. The molecule has 0 radical (unpaired) electrons. The first-order valence-electron chi connectivity index (χ1n) is 9.51. The van der Waals surface area contributed by atoms with Gasteiger partial charge in [-0.3, -0.25) is 4.79 Å². The molecule has 2 aromatic carbocycles. The largest absolute Gasteiger partial charge is 0.493 e. The number of nitrogens with one attached hydrogen (secondary N) is 1. The first-order chi connectivity index (χ1) is 12.4. The number of carbonyl (C=O) groups excluding carboxylic acids is 1. The predicted octanol–water partition coefficient (Wildman–Crippen LogP) is 5.41. The van der Waals surface area contributed by atoms with Crippen molar-refractivity contribution in [1.29, 1.82) is 0 Å². The summed E-state index contributed by atoms with van der Waals surface area (Å²) in [5.74, 6) is 1.09. The quantitative estimate of drug-likeness (QED) is 0.653. The number of hydrogen-bond acceptors (Lipinski definition) is 3. The number of carbonyl (C=O) groups is 1. The number of amides is 1. The molecule has 0 spiro atoms. The van der Waals surface area contributed by atoms with Crippen molar-refractivity contribution in [2.75, 3.05) is 18.5 Å². The highest BCUT2D eigenvalue weighted by molar-refractivity contribution is 6.06. The van der Waals surface area contributed by atoms with Crippen molar-refractivity contribution in [2.24, 2.45) is 5.92 Å². The average molecular weight is 357 g/mol. The molecule has 0 aliphatic carbocycles. The van der Waals surface area contributed by atoms with Gasteiger partial charge in [-0.05, 0) is 44.7 Å². The van der Waals surface area contributed by atoms with Gasteiger partial charge in [-0.15, -0.1) is 0 Å². The van der Waals surface area contributed by atoms with Crippen molar-refractivity contribution in [3.63, 3.8) is 0 Å². The minimum absolute atomic E-state index is 0.103. The highest BCUT2D eigenvalue weighted by atomic mass is 16.5. The van der Waals surface area contributed by atoms with Gasteiger partial charge in [-0.25, -0.2) is 0 Å². The Hall–Kier alpha value is -2.07. The van der Waals surface area contributed by atoms with Gasteiger partial charge in [-0.1, -0.05) is 45.0 Å². The van der Waals surface area contributed by atoms with Crippen LogP contribution in [0.15, 0.2) is 36.4 Å². The molecule has 0 saturated heterocycles. The molecular formula is C22H31NO3. The van der Waals surface area contributed by atoms with Gasteiger partial charge in [0.1, 0.15) is 11.4 Å². The number of rotatable bonds is 9. The van der Waals surface area contributed by atoms with Crippen molar-refractivity contribution >= 4 is 22.4 Å². The fraction of sp³-hybridized carbons (Fsp3) is 0.500. The molecule has 4 nitrogen and oxygen atoms in total. The summed E-state index contributed by atoms with van der Waals surface area (Å²) < 4.78 is 11.7. The molecule has 2 aromatic rings. The zero-order valence-electron chi connectivity index (χ0n) is 16.6. The van der Waals surface area contributed by atoms with E-state index in [1.807, 2.05) is 57.2 Å². The predicted molar refractivity (Wildman–Crippen MR) is 108 cm³/mol. The maximum atomic E-state index is 13.1. The van der Waals surface area contributed by atoms with Crippen LogP contribution in [0, 0.1) is 5.92 Å². The number of fused-ring (bicyclic) bond motifs is 1. The number of hydrogen-bond donors (Lipinski definition) is 1. The Bertz CT molecular complexity index is 741. The average Bonchev–Trinajstić information content (AvgIpc) is 2.61. The fourth-order valence-electron chi connectivity index (χ4n) is 3.24. The molecule has 0 saturated carbocycles. The van der Waals surface area contributed by atoms with Gasteiger partial charge in [0.2, 0.25) is 0 Å². The lowest BCUT2D eigenvalue weighted by atomic mass is 9.92. The number of benzene rings is 2. The monoisotopic (exact) mass is 357 g/mol. The van der Waals surface area contributed by atoms with Gasteiger partial charge in [0.15, 0.2) is 0 Å². The Morgan fingerprint density at radius 3 is 2.42 bits per heavy atom. The molecule has 2 rings (SSSR count). The maximum Gasteiger partial charge on any atom is 0.256 e. The van der Waals surface area contributed by atoms with Gasteiger partial charge >= 0.3 is 0 Å². The molecule has 1 N–H and O–H groups in total. The summed E-state index contributed by atoms with van der Waals surface area (Å²) in [4.78, 5) is 13.1. The van der Waals surface area contributed by atoms with E-state index in [1.165, 1.54) is 0 Å². The van der Waals surface area contributed by atoms with Crippen LogP contribution in [0.4, 0.5) is 5.69 Å². The van der Waals surface area contributed by atoms with E-state index in [9.17, 15) is 4.79 Å². The van der Waals surface area contributed by atoms with Gasteiger partial charge in [0.05, 0.1) is 6.61 Å². The van der Waals surface area contributed by atoms with E-state index < -0.39 is 5.60 Å². The molecule has 142 valence electrons. The molecule has 4 heteroatoms. The summed E-state index contributed by atoms with van der Waals surface area (Å²) >= 11 is 0. The Labute approximate surface area is 156 Å². The second kappa shape index (κ2) is 9.04. The summed E-state index contributed by atoms with van der Waals surface area (Å²) in [5, 5.41) is 5.05. The van der Waals surface area contributed by atoms with Crippen LogP contribution in [0.1, 0.15) is 47.5 Å². The summed E-state index contributed by atoms with van der Waals surface area (Å²) in [7, 11) is 0. The van der Waals surface area contributed by atoms with Crippen LogP contribution in [0.3, 0.4) is 0 Å². The molecule has 1 amide bonds.